The molecular formula is C13H20N2. The van der Waals surface area contributed by atoms with Crippen molar-refractivity contribution >= 4 is 5.69 Å². The van der Waals surface area contributed by atoms with Crippen LogP contribution < -0.4 is 10.2 Å². The molecule has 0 spiro atoms. The van der Waals surface area contributed by atoms with E-state index in [4.69, 9.17) is 0 Å². The predicted octanol–water partition coefficient (Wildman–Crippen LogP) is 2.05. The SMILES string of the molecule is CNC(C)CCN1CCc2ccccc21. The number of para-hydroxylation sites is 1. The molecule has 1 aliphatic heterocycles. The van der Waals surface area contributed by atoms with Gasteiger partial charge in [-0.25, -0.2) is 0 Å². The number of fused-ring (bicyclic) bond motifs is 1. The highest BCUT2D eigenvalue weighted by molar-refractivity contribution is 5.57. The van der Waals surface area contributed by atoms with Crippen LogP contribution in [0.25, 0.3) is 0 Å². The molecule has 1 aliphatic rings. The molecule has 0 saturated carbocycles. The zero-order valence-corrected chi connectivity index (χ0v) is 9.66. The Hall–Kier alpha value is -1.02. The van der Waals surface area contributed by atoms with Crippen molar-refractivity contribution in [3.8, 4) is 0 Å². The van der Waals surface area contributed by atoms with Gasteiger partial charge >= 0.3 is 0 Å². The standard InChI is InChI=1S/C13H20N2/c1-11(14-2)7-9-15-10-8-12-5-3-4-6-13(12)15/h3-6,11,14H,7-10H2,1-2H3. The van der Waals surface area contributed by atoms with E-state index in [0.29, 0.717) is 6.04 Å². The molecule has 1 aromatic rings. The van der Waals surface area contributed by atoms with Crippen molar-refractivity contribution in [1.29, 1.82) is 0 Å². The summed E-state index contributed by atoms with van der Waals surface area (Å²) in [4.78, 5) is 2.50. The van der Waals surface area contributed by atoms with E-state index < -0.39 is 0 Å². The summed E-state index contributed by atoms with van der Waals surface area (Å²) in [5, 5.41) is 3.29. The lowest BCUT2D eigenvalue weighted by Gasteiger charge is -2.21. The first-order chi connectivity index (χ1) is 7.31. The average Bonchev–Trinajstić information content (AvgIpc) is 2.69. The molecule has 1 atom stereocenters. The minimum atomic E-state index is 0.609. The molecule has 1 unspecified atom stereocenters. The van der Waals surface area contributed by atoms with Crippen LogP contribution in [-0.4, -0.2) is 26.2 Å². The molecule has 82 valence electrons. The van der Waals surface area contributed by atoms with Crippen LogP contribution in [0.15, 0.2) is 24.3 Å². The van der Waals surface area contributed by atoms with Gasteiger partial charge in [-0.15, -0.1) is 0 Å². The number of anilines is 1. The summed E-state index contributed by atoms with van der Waals surface area (Å²) in [7, 11) is 2.03. The molecule has 2 heteroatoms. The predicted molar refractivity (Wildman–Crippen MR) is 65.5 cm³/mol. The summed E-state index contributed by atoms with van der Waals surface area (Å²) in [6, 6.07) is 9.37. The maximum atomic E-state index is 3.29. The average molecular weight is 204 g/mol. The molecule has 0 aromatic heterocycles. The molecule has 0 fully saturated rings. The highest BCUT2D eigenvalue weighted by atomic mass is 15.1. The van der Waals surface area contributed by atoms with Gasteiger partial charge in [-0.1, -0.05) is 18.2 Å². The smallest absolute Gasteiger partial charge is 0.0399 e. The third-order valence-electron chi connectivity index (χ3n) is 3.31. The number of rotatable bonds is 4. The number of hydrogen-bond acceptors (Lipinski definition) is 2. The highest BCUT2D eigenvalue weighted by Gasteiger charge is 2.17. The van der Waals surface area contributed by atoms with Gasteiger partial charge in [0.1, 0.15) is 0 Å². The van der Waals surface area contributed by atoms with Crippen LogP contribution in [0.2, 0.25) is 0 Å². The van der Waals surface area contributed by atoms with Gasteiger partial charge in [0.15, 0.2) is 0 Å². The van der Waals surface area contributed by atoms with E-state index in [0.717, 1.165) is 0 Å². The monoisotopic (exact) mass is 204 g/mol. The van der Waals surface area contributed by atoms with Crippen LogP contribution in [-0.2, 0) is 6.42 Å². The van der Waals surface area contributed by atoms with Crippen molar-refractivity contribution in [2.45, 2.75) is 25.8 Å². The van der Waals surface area contributed by atoms with Crippen molar-refractivity contribution in [1.82, 2.24) is 5.32 Å². The fraction of sp³-hybridized carbons (Fsp3) is 0.538. The number of benzene rings is 1. The molecule has 0 amide bonds. The van der Waals surface area contributed by atoms with Crippen LogP contribution in [0.4, 0.5) is 5.69 Å². The second-order valence-corrected chi connectivity index (χ2v) is 4.34. The van der Waals surface area contributed by atoms with E-state index in [1.165, 1.54) is 37.2 Å². The van der Waals surface area contributed by atoms with Crippen molar-refractivity contribution in [3.63, 3.8) is 0 Å². The molecule has 0 radical (unpaired) electrons. The van der Waals surface area contributed by atoms with E-state index in [1.807, 2.05) is 7.05 Å². The third-order valence-corrected chi connectivity index (χ3v) is 3.31. The Morgan fingerprint density at radius 1 is 1.40 bits per heavy atom. The Morgan fingerprint density at radius 2 is 2.20 bits per heavy atom. The molecule has 15 heavy (non-hydrogen) atoms. The summed E-state index contributed by atoms with van der Waals surface area (Å²) in [5.74, 6) is 0. The zero-order chi connectivity index (χ0) is 10.7. The lowest BCUT2D eigenvalue weighted by molar-refractivity contribution is 0.560. The fourth-order valence-electron chi connectivity index (χ4n) is 2.13. The Labute approximate surface area is 92.3 Å². The van der Waals surface area contributed by atoms with E-state index in [1.54, 1.807) is 0 Å². The molecule has 2 nitrogen and oxygen atoms in total. The van der Waals surface area contributed by atoms with E-state index >= 15 is 0 Å². The van der Waals surface area contributed by atoms with E-state index in [-0.39, 0.29) is 0 Å². The highest BCUT2D eigenvalue weighted by Crippen LogP contribution is 2.27. The maximum absolute atomic E-state index is 3.29. The Morgan fingerprint density at radius 3 is 3.00 bits per heavy atom. The van der Waals surface area contributed by atoms with Crippen LogP contribution in [0.5, 0.6) is 0 Å². The van der Waals surface area contributed by atoms with Gasteiger partial charge in [0.2, 0.25) is 0 Å². The van der Waals surface area contributed by atoms with Gasteiger partial charge in [-0.3, -0.25) is 0 Å². The van der Waals surface area contributed by atoms with Crippen molar-refractivity contribution < 1.29 is 0 Å². The molecule has 0 saturated heterocycles. The Bertz CT molecular complexity index is 322. The molecule has 0 aliphatic carbocycles. The van der Waals surface area contributed by atoms with Gasteiger partial charge < -0.3 is 10.2 Å². The Kier molecular flexibility index (Phi) is 3.27. The fourth-order valence-corrected chi connectivity index (χ4v) is 2.13. The van der Waals surface area contributed by atoms with Crippen molar-refractivity contribution in [2.75, 3.05) is 25.0 Å². The molecule has 2 rings (SSSR count). The van der Waals surface area contributed by atoms with Gasteiger partial charge in [-0.05, 0) is 38.4 Å². The summed E-state index contributed by atoms with van der Waals surface area (Å²) in [5.41, 5.74) is 2.95. The molecule has 1 aromatic carbocycles. The molecule has 0 bridgehead atoms. The molecule has 1 N–H and O–H groups in total. The van der Waals surface area contributed by atoms with Crippen molar-refractivity contribution in [3.05, 3.63) is 29.8 Å². The molecule has 1 heterocycles. The number of hydrogen-bond donors (Lipinski definition) is 1. The van der Waals surface area contributed by atoms with Crippen molar-refractivity contribution in [2.24, 2.45) is 0 Å². The molecular weight excluding hydrogens is 184 g/mol. The first-order valence-electron chi connectivity index (χ1n) is 5.81. The lowest BCUT2D eigenvalue weighted by atomic mass is 10.2. The first-order valence-corrected chi connectivity index (χ1v) is 5.81. The van der Waals surface area contributed by atoms with Gasteiger partial charge in [-0.2, -0.15) is 0 Å². The second kappa shape index (κ2) is 4.67. The van der Waals surface area contributed by atoms with E-state index in [2.05, 4.69) is 41.4 Å². The maximum Gasteiger partial charge on any atom is 0.0399 e. The second-order valence-electron chi connectivity index (χ2n) is 4.34. The number of nitrogens with zero attached hydrogens (tertiary/aromatic N) is 1. The van der Waals surface area contributed by atoms with Crippen LogP contribution >= 0.6 is 0 Å². The van der Waals surface area contributed by atoms with Crippen LogP contribution in [0.3, 0.4) is 0 Å². The summed E-state index contributed by atoms with van der Waals surface area (Å²) in [6.45, 7) is 4.59. The zero-order valence-electron chi connectivity index (χ0n) is 9.66. The van der Waals surface area contributed by atoms with Crippen LogP contribution in [0.1, 0.15) is 18.9 Å². The lowest BCUT2D eigenvalue weighted by Crippen LogP contribution is -2.29. The minimum absolute atomic E-state index is 0.609. The summed E-state index contributed by atoms with van der Waals surface area (Å²) < 4.78 is 0. The first kappa shape index (κ1) is 10.5. The largest absolute Gasteiger partial charge is 0.371 e. The van der Waals surface area contributed by atoms with Gasteiger partial charge in [0, 0.05) is 24.8 Å². The van der Waals surface area contributed by atoms with E-state index in [9.17, 15) is 0 Å². The normalized spacial score (nSPS) is 16.5. The summed E-state index contributed by atoms with van der Waals surface area (Å²) in [6.07, 6.45) is 2.43. The third kappa shape index (κ3) is 2.32. The topological polar surface area (TPSA) is 15.3 Å². The summed E-state index contributed by atoms with van der Waals surface area (Å²) >= 11 is 0. The van der Waals surface area contributed by atoms with Crippen LogP contribution in [0, 0.1) is 0 Å². The minimum Gasteiger partial charge on any atom is -0.371 e. The quantitative estimate of drug-likeness (QED) is 0.807. The van der Waals surface area contributed by atoms with Gasteiger partial charge in [0.05, 0.1) is 0 Å². The number of nitrogens with one attached hydrogen (secondary N) is 1. The van der Waals surface area contributed by atoms with Gasteiger partial charge in [0.25, 0.3) is 0 Å². The Balaban J connectivity index is 1.96.